The SMILES string of the molecule is c1ccc(-c2ccc(-c3ccc(-c4nc(-c5ccc(-c6ccc7ccccc7c6)c6ccccc56)nc(-c5cccc6c5oc5ccccc56)n4)cc3)cc2)cc1. The van der Waals surface area contributed by atoms with Gasteiger partial charge in [-0.1, -0.05) is 176 Å². The molecule has 0 radical (unpaired) electrons. The molecule has 0 saturated carbocycles. The minimum absolute atomic E-state index is 0.558. The molecule has 9 aromatic carbocycles. The number of hydrogen-bond acceptors (Lipinski definition) is 4. The van der Waals surface area contributed by atoms with E-state index in [1.165, 1.54) is 27.5 Å². The van der Waals surface area contributed by atoms with Gasteiger partial charge in [0.2, 0.25) is 0 Å². The first-order chi connectivity index (χ1) is 28.2. The van der Waals surface area contributed by atoms with E-state index in [9.17, 15) is 0 Å². The molecular formula is C53H33N3O. The van der Waals surface area contributed by atoms with Crippen LogP contribution in [-0.2, 0) is 0 Å². The van der Waals surface area contributed by atoms with E-state index in [4.69, 9.17) is 19.4 Å². The van der Waals surface area contributed by atoms with Gasteiger partial charge in [0.05, 0.1) is 5.56 Å². The predicted octanol–water partition coefficient (Wildman–Crippen LogP) is 14.1. The van der Waals surface area contributed by atoms with Gasteiger partial charge < -0.3 is 4.42 Å². The van der Waals surface area contributed by atoms with Gasteiger partial charge in [-0.3, -0.25) is 0 Å². The summed E-state index contributed by atoms with van der Waals surface area (Å²) in [6.07, 6.45) is 0. The van der Waals surface area contributed by atoms with Crippen molar-refractivity contribution in [1.82, 2.24) is 15.0 Å². The number of hydrogen-bond donors (Lipinski definition) is 0. The number of para-hydroxylation sites is 2. The highest BCUT2D eigenvalue weighted by Crippen LogP contribution is 2.39. The van der Waals surface area contributed by atoms with Gasteiger partial charge in [-0.15, -0.1) is 0 Å². The number of furan rings is 1. The molecule has 0 bridgehead atoms. The first kappa shape index (κ1) is 32.7. The third-order valence-corrected chi connectivity index (χ3v) is 11.0. The molecule has 0 N–H and O–H groups in total. The molecule has 57 heavy (non-hydrogen) atoms. The average Bonchev–Trinajstić information content (AvgIpc) is 3.68. The lowest BCUT2D eigenvalue weighted by molar-refractivity contribution is 0.669. The molecule has 0 saturated heterocycles. The maximum absolute atomic E-state index is 6.50. The van der Waals surface area contributed by atoms with E-state index in [-0.39, 0.29) is 0 Å². The van der Waals surface area contributed by atoms with Crippen molar-refractivity contribution in [3.8, 4) is 67.5 Å². The number of benzene rings is 9. The van der Waals surface area contributed by atoms with Gasteiger partial charge in [0.1, 0.15) is 11.2 Å². The van der Waals surface area contributed by atoms with Gasteiger partial charge in [-0.25, -0.2) is 15.0 Å². The highest BCUT2D eigenvalue weighted by atomic mass is 16.3. The fourth-order valence-electron chi connectivity index (χ4n) is 8.07. The molecule has 0 spiro atoms. The lowest BCUT2D eigenvalue weighted by Crippen LogP contribution is -2.01. The predicted molar refractivity (Wildman–Crippen MR) is 235 cm³/mol. The van der Waals surface area contributed by atoms with E-state index in [1.54, 1.807) is 0 Å². The van der Waals surface area contributed by atoms with Crippen LogP contribution in [0.1, 0.15) is 0 Å². The van der Waals surface area contributed by atoms with Crippen LogP contribution in [0, 0.1) is 0 Å². The van der Waals surface area contributed by atoms with Crippen molar-refractivity contribution in [2.24, 2.45) is 0 Å². The van der Waals surface area contributed by atoms with E-state index < -0.39 is 0 Å². The van der Waals surface area contributed by atoms with Crippen molar-refractivity contribution in [2.75, 3.05) is 0 Å². The van der Waals surface area contributed by atoms with Crippen LogP contribution in [0.3, 0.4) is 0 Å². The van der Waals surface area contributed by atoms with Gasteiger partial charge in [0, 0.05) is 21.9 Å². The summed E-state index contributed by atoms with van der Waals surface area (Å²) in [6, 6.07) is 70.0. The van der Waals surface area contributed by atoms with Crippen molar-refractivity contribution in [1.29, 1.82) is 0 Å². The van der Waals surface area contributed by atoms with Crippen LogP contribution < -0.4 is 0 Å². The largest absolute Gasteiger partial charge is 0.455 e. The minimum atomic E-state index is 0.558. The van der Waals surface area contributed by atoms with E-state index in [0.29, 0.717) is 17.5 Å². The quantitative estimate of drug-likeness (QED) is 0.171. The number of aromatic nitrogens is 3. The lowest BCUT2D eigenvalue weighted by atomic mass is 9.93. The normalized spacial score (nSPS) is 11.5. The standard InChI is InChI=1S/C53H33N3O/c1-2-11-34(12-3-1)36-21-23-37(24-22-36)38-25-28-39(29-26-38)51-54-52(56-53(55-51)48-19-10-18-46-45-17-8-9-20-49(45)57-50(46)48)47-32-31-42(43-15-6-7-16-44(43)47)41-30-27-35-13-4-5-14-40(35)33-41/h1-33H. The zero-order chi connectivity index (χ0) is 37.7. The second-order valence-corrected chi connectivity index (χ2v) is 14.4. The van der Waals surface area contributed by atoms with Crippen LogP contribution in [0.25, 0.3) is 111 Å². The van der Waals surface area contributed by atoms with Crippen LogP contribution >= 0.6 is 0 Å². The summed E-state index contributed by atoms with van der Waals surface area (Å²) >= 11 is 0. The Morgan fingerprint density at radius 3 is 1.53 bits per heavy atom. The van der Waals surface area contributed by atoms with Crippen LogP contribution in [0.2, 0.25) is 0 Å². The molecule has 0 aliphatic heterocycles. The third-order valence-electron chi connectivity index (χ3n) is 11.0. The van der Waals surface area contributed by atoms with E-state index >= 15 is 0 Å². The molecule has 11 rings (SSSR count). The Hall–Kier alpha value is -7.69. The van der Waals surface area contributed by atoms with Crippen molar-refractivity contribution in [2.45, 2.75) is 0 Å². The van der Waals surface area contributed by atoms with Gasteiger partial charge in [0.25, 0.3) is 0 Å². The summed E-state index contributed by atoms with van der Waals surface area (Å²) < 4.78 is 6.50. The number of fused-ring (bicyclic) bond motifs is 5. The van der Waals surface area contributed by atoms with Gasteiger partial charge >= 0.3 is 0 Å². The summed E-state index contributed by atoms with van der Waals surface area (Å²) in [4.78, 5) is 15.6. The van der Waals surface area contributed by atoms with Crippen molar-refractivity contribution < 1.29 is 4.42 Å². The molecule has 0 amide bonds. The van der Waals surface area contributed by atoms with Crippen molar-refractivity contribution in [3.05, 3.63) is 200 Å². The summed E-state index contributed by atoms with van der Waals surface area (Å²) in [5.41, 5.74) is 11.2. The summed E-state index contributed by atoms with van der Waals surface area (Å²) in [5.74, 6) is 1.75. The topological polar surface area (TPSA) is 51.8 Å². The highest BCUT2D eigenvalue weighted by Gasteiger charge is 2.19. The highest BCUT2D eigenvalue weighted by molar-refractivity contribution is 6.09. The van der Waals surface area contributed by atoms with Crippen LogP contribution in [0.5, 0.6) is 0 Å². The Morgan fingerprint density at radius 1 is 0.281 bits per heavy atom. The van der Waals surface area contributed by atoms with Gasteiger partial charge in [-0.05, 0) is 79.2 Å². The fraction of sp³-hybridized carbons (Fsp3) is 0. The summed E-state index contributed by atoms with van der Waals surface area (Å²) in [5, 5.41) is 6.73. The fourth-order valence-corrected chi connectivity index (χ4v) is 8.07. The Balaban J connectivity index is 1.06. The van der Waals surface area contributed by atoms with Gasteiger partial charge in [-0.2, -0.15) is 0 Å². The summed E-state index contributed by atoms with van der Waals surface area (Å²) in [6.45, 7) is 0. The molecule has 266 valence electrons. The maximum Gasteiger partial charge on any atom is 0.167 e. The van der Waals surface area contributed by atoms with E-state index in [0.717, 1.165) is 66.1 Å². The smallest absolute Gasteiger partial charge is 0.167 e. The molecule has 4 heteroatoms. The molecule has 11 aromatic rings. The summed E-state index contributed by atoms with van der Waals surface area (Å²) in [7, 11) is 0. The molecule has 4 nitrogen and oxygen atoms in total. The second-order valence-electron chi connectivity index (χ2n) is 14.4. The number of rotatable bonds is 6. The molecule has 0 fully saturated rings. The van der Waals surface area contributed by atoms with Crippen LogP contribution in [0.4, 0.5) is 0 Å². The van der Waals surface area contributed by atoms with Crippen molar-refractivity contribution in [3.63, 3.8) is 0 Å². The lowest BCUT2D eigenvalue weighted by Gasteiger charge is -2.14. The Kier molecular flexibility index (Phi) is 7.78. The molecular weight excluding hydrogens is 695 g/mol. The molecule has 2 aromatic heterocycles. The maximum atomic E-state index is 6.50. The van der Waals surface area contributed by atoms with Crippen LogP contribution in [0.15, 0.2) is 205 Å². The Morgan fingerprint density at radius 2 is 0.789 bits per heavy atom. The zero-order valence-corrected chi connectivity index (χ0v) is 30.8. The zero-order valence-electron chi connectivity index (χ0n) is 30.8. The second kappa shape index (κ2) is 13.6. The molecule has 2 heterocycles. The molecule has 0 aliphatic rings. The average molecular weight is 728 g/mol. The first-order valence-electron chi connectivity index (χ1n) is 19.2. The first-order valence-corrected chi connectivity index (χ1v) is 19.2. The molecule has 0 aliphatic carbocycles. The Bertz CT molecular complexity index is 3280. The van der Waals surface area contributed by atoms with Gasteiger partial charge in [0.15, 0.2) is 17.5 Å². The van der Waals surface area contributed by atoms with E-state index in [2.05, 4.69) is 164 Å². The van der Waals surface area contributed by atoms with Crippen molar-refractivity contribution >= 4 is 43.5 Å². The number of nitrogens with zero attached hydrogens (tertiary/aromatic N) is 3. The van der Waals surface area contributed by atoms with Crippen LogP contribution in [-0.4, -0.2) is 15.0 Å². The molecule has 0 atom stereocenters. The monoisotopic (exact) mass is 727 g/mol. The molecule has 0 unspecified atom stereocenters. The third kappa shape index (κ3) is 5.83. The minimum Gasteiger partial charge on any atom is -0.455 e. The van der Waals surface area contributed by atoms with E-state index in [1.807, 2.05) is 36.4 Å². The Labute approximate surface area is 329 Å².